The van der Waals surface area contributed by atoms with Crippen LogP contribution < -0.4 is 0 Å². The quantitative estimate of drug-likeness (QED) is 0.307. The number of hydrogen-bond donors (Lipinski definition) is 0. The smallest absolute Gasteiger partial charge is 0.0273 e. The molecule has 2 heterocycles. The molecule has 0 spiro atoms. The molecule has 0 aliphatic carbocycles. The van der Waals surface area contributed by atoms with Crippen molar-refractivity contribution in [1.82, 2.24) is 0 Å². The van der Waals surface area contributed by atoms with E-state index in [1.165, 1.54) is 48.0 Å². The van der Waals surface area contributed by atoms with Gasteiger partial charge >= 0.3 is 0 Å². The van der Waals surface area contributed by atoms with E-state index >= 15 is 0 Å². The first-order chi connectivity index (χ1) is 14.1. The Morgan fingerprint density at radius 1 is 0.690 bits per heavy atom. The van der Waals surface area contributed by atoms with E-state index in [0.29, 0.717) is 0 Å². The summed E-state index contributed by atoms with van der Waals surface area (Å²) in [5.74, 6) is 0. The van der Waals surface area contributed by atoms with Gasteiger partial charge in [0, 0.05) is 14.6 Å². The van der Waals surface area contributed by atoms with Crippen LogP contribution in [0.5, 0.6) is 0 Å². The van der Waals surface area contributed by atoms with Gasteiger partial charge in [-0.05, 0) is 90.4 Å². The second-order valence-corrected chi connectivity index (χ2v) is 9.59. The zero-order chi connectivity index (χ0) is 20.2. The molecule has 0 nitrogen and oxygen atoms in total. The van der Waals surface area contributed by atoms with Gasteiger partial charge in [-0.15, -0.1) is 22.7 Å². The van der Waals surface area contributed by atoms with Gasteiger partial charge in [-0.25, -0.2) is 0 Å². The minimum Gasteiger partial charge on any atom is -0.144 e. The monoisotopic (exact) mass is 412 g/mol. The van der Waals surface area contributed by atoms with Crippen LogP contribution in [0.2, 0.25) is 0 Å². The van der Waals surface area contributed by atoms with E-state index in [-0.39, 0.29) is 0 Å². The van der Waals surface area contributed by atoms with Gasteiger partial charge in [0.2, 0.25) is 0 Å². The van der Waals surface area contributed by atoms with Gasteiger partial charge in [0.25, 0.3) is 0 Å². The molecule has 0 radical (unpaired) electrons. The molecular weight excluding hydrogens is 388 g/mol. The Bertz CT molecular complexity index is 1170. The topological polar surface area (TPSA) is 0 Å². The fourth-order valence-corrected chi connectivity index (χ4v) is 4.76. The van der Waals surface area contributed by atoms with Crippen molar-refractivity contribution in [2.45, 2.75) is 20.8 Å². The maximum atomic E-state index is 2.31. The van der Waals surface area contributed by atoms with E-state index in [1.807, 2.05) is 11.3 Å². The first-order valence-corrected chi connectivity index (χ1v) is 11.5. The van der Waals surface area contributed by atoms with Gasteiger partial charge in [0.05, 0.1) is 0 Å². The molecule has 0 atom stereocenters. The highest BCUT2D eigenvalue weighted by atomic mass is 32.1. The van der Waals surface area contributed by atoms with E-state index in [0.717, 1.165) is 0 Å². The van der Waals surface area contributed by atoms with Crippen molar-refractivity contribution >= 4 is 47.0 Å². The van der Waals surface area contributed by atoms with Crippen molar-refractivity contribution in [2.24, 2.45) is 0 Å². The molecule has 2 aromatic heterocycles. The number of rotatable bonds is 5. The molecule has 0 bridgehead atoms. The maximum absolute atomic E-state index is 2.31. The van der Waals surface area contributed by atoms with Gasteiger partial charge in [0.15, 0.2) is 0 Å². The second-order valence-electron chi connectivity index (χ2n) is 7.30. The minimum atomic E-state index is 1.22. The van der Waals surface area contributed by atoms with E-state index in [9.17, 15) is 0 Å². The molecule has 0 fully saturated rings. The summed E-state index contributed by atoms with van der Waals surface area (Å²) in [5.41, 5.74) is 7.64. The molecule has 0 aliphatic heterocycles. The van der Waals surface area contributed by atoms with E-state index in [4.69, 9.17) is 0 Å². The van der Waals surface area contributed by atoms with Crippen LogP contribution in [0, 0.1) is 20.8 Å². The maximum Gasteiger partial charge on any atom is 0.0273 e. The first-order valence-electron chi connectivity index (χ1n) is 9.76. The lowest BCUT2D eigenvalue weighted by Gasteiger charge is -2.12. The molecule has 2 heteroatoms. The van der Waals surface area contributed by atoms with Crippen LogP contribution in [0.25, 0.3) is 35.4 Å². The van der Waals surface area contributed by atoms with E-state index in [2.05, 4.69) is 111 Å². The molecule has 2 aromatic carbocycles. The minimum absolute atomic E-state index is 1.22. The highest BCUT2D eigenvalue weighted by Crippen LogP contribution is 2.31. The average molecular weight is 413 g/mol. The fraction of sp³-hybridized carbons (Fsp3) is 0.111. The molecule has 29 heavy (non-hydrogen) atoms. The van der Waals surface area contributed by atoms with Crippen molar-refractivity contribution in [1.29, 1.82) is 0 Å². The summed E-state index contributed by atoms with van der Waals surface area (Å²) < 4.78 is 0. The van der Waals surface area contributed by atoms with Gasteiger partial charge in [-0.1, -0.05) is 54.1 Å². The van der Waals surface area contributed by atoms with Crippen LogP contribution in [0.1, 0.15) is 36.9 Å². The van der Waals surface area contributed by atoms with Crippen molar-refractivity contribution < 1.29 is 0 Å². The van der Waals surface area contributed by atoms with Crippen molar-refractivity contribution in [2.75, 3.05) is 0 Å². The van der Waals surface area contributed by atoms with Crippen LogP contribution in [-0.2, 0) is 0 Å². The molecule has 0 N–H and O–H groups in total. The zero-order valence-electron chi connectivity index (χ0n) is 17.0. The Morgan fingerprint density at radius 2 is 1.55 bits per heavy atom. The van der Waals surface area contributed by atoms with Crippen molar-refractivity contribution in [3.05, 3.63) is 103 Å². The molecule has 0 saturated heterocycles. The summed E-state index contributed by atoms with van der Waals surface area (Å²) >= 11 is 3.59. The standard InChI is InChI=1S/C27H24S2/c1-19-6-7-20(2)26(17-19)27-18-22(10-14-24-5-4-16-28-24)9-11-23(27)12-15-25-13-8-21(3)29-25/h4-18H,1-3H3/b14-10+,15-12+. The SMILES string of the molecule is Cc1ccc(C)c(-c2cc(/C=C/c3cccs3)ccc2/C=C/c2ccc(C)s2)c1. The first kappa shape index (κ1) is 19.6. The molecule has 0 unspecified atom stereocenters. The normalized spacial score (nSPS) is 11.7. The molecule has 0 aliphatic rings. The lowest BCUT2D eigenvalue weighted by molar-refractivity contribution is 1.39. The van der Waals surface area contributed by atoms with E-state index < -0.39 is 0 Å². The Morgan fingerprint density at radius 3 is 2.31 bits per heavy atom. The lowest BCUT2D eigenvalue weighted by Crippen LogP contribution is -1.89. The summed E-state index contributed by atoms with van der Waals surface area (Å²) in [4.78, 5) is 3.90. The summed E-state index contributed by atoms with van der Waals surface area (Å²) in [7, 11) is 0. The predicted octanol–water partition coefficient (Wildman–Crippen LogP) is 8.74. The molecule has 4 aromatic rings. The molecule has 0 amide bonds. The van der Waals surface area contributed by atoms with Crippen LogP contribution >= 0.6 is 22.7 Å². The van der Waals surface area contributed by atoms with Crippen LogP contribution in [-0.4, -0.2) is 0 Å². The summed E-state index contributed by atoms with van der Waals surface area (Å²) in [6.07, 6.45) is 8.87. The molecule has 144 valence electrons. The highest BCUT2D eigenvalue weighted by molar-refractivity contribution is 7.12. The second kappa shape index (κ2) is 8.77. The molecular formula is C27H24S2. The Labute approximate surface area is 181 Å². The zero-order valence-corrected chi connectivity index (χ0v) is 18.6. The van der Waals surface area contributed by atoms with Gasteiger partial charge in [-0.3, -0.25) is 0 Å². The third kappa shape index (κ3) is 4.84. The summed E-state index contributed by atoms with van der Waals surface area (Å²) in [5, 5.41) is 2.11. The van der Waals surface area contributed by atoms with Crippen molar-refractivity contribution in [3.63, 3.8) is 0 Å². The largest absolute Gasteiger partial charge is 0.144 e. The average Bonchev–Trinajstić information content (AvgIpc) is 3.38. The Kier molecular flexibility index (Phi) is 5.94. The summed E-state index contributed by atoms with van der Waals surface area (Å²) in [6.45, 7) is 6.50. The number of benzene rings is 2. The van der Waals surface area contributed by atoms with E-state index in [1.54, 1.807) is 11.3 Å². The van der Waals surface area contributed by atoms with Crippen LogP contribution in [0.4, 0.5) is 0 Å². The van der Waals surface area contributed by atoms with Gasteiger partial charge in [-0.2, -0.15) is 0 Å². The summed E-state index contributed by atoms with van der Waals surface area (Å²) in [6, 6.07) is 22.0. The van der Waals surface area contributed by atoms with Crippen molar-refractivity contribution in [3.8, 4) is 11.1 Å². The molecule has 4 rings (SSSR count). The predicted molar refractivity (Wildman–Crippen MR) is 133 cm³/mol. The number of aryl methyl sites for hydroxylation is 3. The third-order valence-corrected chi connectivity index (χ3v) is 6.74. The number of hydrogen-bond acceptors (Lipinski definition) is 2. The molecule has 0 saturated carbocycles. The third-order valence-electron chi connectivity index (χ3n) is 4.93. The fourth-order valence-electron chi connectivity index (χ4n) is 3.36. The Balaban J connectivity index is 1.77. The van der Waals surface area contributed by atoms with Gasteiger partial charge < -0.3 is 0 Å². The van der Waals surface area contributed by atoms with Gasteiger partial charge in [0.1, 0.15) is 0 Å². The van der Waals surface area contributed by atoms with Crippen LogP contribution in [0.15, 0.2) is 66.0 Å². The highest BCUT2D eigenvalue weighted by Gasteiger charge is 2.08. The van der Waals surface area contributed by atoms with Crippen LogP contribution in [0.3, 0.4) is 0 Å². The number of thiophene rings is 2. The lowest BCUT2D eigenvalue weighted by atomic mass is 9.92. The Hall–Kier alpha value is -2.68.